The van der Waals surface area contributed by atoms with Gasteiger partial charge in [0.15, 0.2) is 0 Å². The van der Waals surface area contributed by atoms with E-state index in [4.69, 9.17) is 4.74 Å². The Morgan fingerprint density at radius 2 is 1.96 bits per heavy atom. The van der Waals surface area contributed by atoms with Crippen LogP contribution in [0, 0.1) is 0 Å². The number of fused-ring (bicyclic) bond motifs is 1. The van der Waals surface area contributed by atoms with E-state index in [1.54, 1.807) is 6.07 Å². The maximum atomic E-state index is 12.4. The van der Waals surface area contributed by atoms with Gasteiger partial charge < -0.3 is 20.4 Å². The van der Waals surface area contributed by atoms with Crippen molar-refractivity contribution in [3.8, 4) is 5.75 Å². The molecule has 6 heteroatoms. The Morgan fingerprint density at radius 3 is 2.73 bits per heavy atom. The Labute approximate surface area is 151 Å². The van der Waals surface area contributed by atoms with Crippen molar-refractivity contribution in [1.82, 2.24) is 10.3 Å². The lowest BCUT2D eigenvalue weighted by Crippen LogP contribution is -2.23. The molecule has 0 radical (unpaired) electrons. The van der Waals surface area contributed by atoms with Crippen LogP contribution in [-0.2, 0) is 11.3 Å². The Bertz CT molecular complexity index is 946. The highest BCUT2D eigenvalue weighted by atomic mass is 16.5. The Balaban J connectivity index is 1.68. The van der Waals surface area contributed by atoms with Gasteiger partial charge in [0.2, 0.25) is 5.91 Å². The van der Waals surface area contributed by atoms with Crippen LogP contribution in [0.1, 0.15) is 29.9 Å². The van der Waals surface area contributed by atoms with Gasteiger partial charge in [0, 0.05) is 36.1 Å². The standard InChI is InChI=1S/C20H21N3O3/c1-3-26-17-8-7-15-10-19(23-18(15)11-17)20(25)21-12-14-5-4-6-16(9-14)22-13(2)24/h4-11,23H,3,12H2,1-2H3,(H,21,25)(H,22,24). The maximum absolute atomic E-state index is 12.4. The Morgan fingerprint density at radius 1 is 1.12 bits per heavy atom. The number of hydrogen-bond acceptors (Lipinski definition) is 3. The smallest absolute Gasteiger partial charge is 0.267 e. The lowest BCUT2D eigenvalue weighted by molar-refractivity contribution is -0.114. The van der Waals surface area contributed by atoms with Crippen molar-refractivity contribution in [3.05, 3.63) is 59.8 Å². The summed E-state index contributed by atoms with van der Waals surface area (Å²) in [5.74, 6) is 0.448. The average Bonchev–Trinajstić information content (AvgIpc) is 3.03. The van der Waals surface area contributed by atoms with Gasteiger partial charge in [0.25, 0.3) is 5.91 Å². The molecule has 134 valence electrons. The molecule has 3 N–H and O–H groups in total. The normalized spacial score (nSPS) is 10.5. The number of carbonyl (C=O) groups is 2. The van der Waals surface area contributed by atoms with Gasteiger partial charge >= 0.3 is 0 Å². The van der Waals surface area contributed by atoms with Crippen LogP contribution in [0.4, 0.5) is 5.69 Å². The number of benzene rings is 2. The predicted octanol–water partition coefficient (Wildman–Crippen LogP) is 3.46. The molecule has 0 aliphatic rings. The van der Waals surface area contributed by atoms with E-state index in [0.29, 0.717) is 24.5 Å². The lowest BCUT2D eigenvalue weighted by atomic mass is 10.2. The lowest BCUT2D eigenvalue weighted by Gasteiger charge is -2.07. The van der Waals surface area contributed by atoms with Gasteiger partial charge in [-0.25, -0.2) is 0 Å². The number of aromatic amines is 1. The summed E-state index contributed by atoms with van der Waals surface area (Å²) in [6.07, 6.45) is 0. The minimum Gasteiger partial charge on any atom is -0.494 e. The van der Waals surface area contributed by atoms with E-state index in [0.717, 1.165) is 22.2 Å². The van der Waals surface area contributed by atoms with Crippen molar-refractivity contribution in [2.45, 2.75) is 20.4 Å². The molecule has 0 atom stereocenters. The van der Waals surface area contributed by atoms with Crippen LogP contribution in [0.15, 0.2) is 48.5 Å². The van der Waals surface area contributed by atoms with Crippen molar-refractivity contribution >= 4 is 28.4 Å². The van der Waals surface area contributed by atoms with Gasteiger partial charge in [-0.2, -0.15) is 0 Å². The molecule has 2 amide bonds. The van der Waals surface area contributed by atoms with Crippen LogP contribution >= 0.6 is 0 Å². The molecular formula is C20H21N3O3. The van der Waals surface area contributed by atoms with Gasteiger partial charge in [0.1, 0.15) is 11.4 Å². The third-order valence-corrected chi connectivity index (χ3v) is 3.85. The first-order chi connectivity index (χ1) is 12.5. The molecule has 26 heavy (non-hydrogen) atoms. The van der Waals surface area contributed by atoms with Gasteiger partial charge in [-0.15, -0.1) is 0 Å². The molecule has 3 rings (SSSR count). The van der Waals surface area contributed by atoms with Gasteiger partial charge in [-0.3, -0.25) is 9.59 Å². The number of anilines is 1. The zero-order valence-corrected chi connectivity index (χ0v) is 14.8. The van der Waals surface area contributed by atoms with Crippen LogP contribution < -0.4 is 15.4 Å². The molecule has 0 unspecified atom stereocenters. The third-order valence-electron chi connectivity index (χ3n) is 3.85. The molecule has 0 fully saturated rings. The summed E-state index contributed by atoms with van der Waals surface area (Å²) in [5.41, 5.74) is 2.96. The Kier molecular flexibility index (Phi) is 5.22. The second-order valence-corrected chi connectivity index (χ2v) is 5.93. The van der Waals surface area contributed by atoms with Gasteiger partial charge in [0.05, 0.1) is 6.61 Å². The van der Waals surface area contributed by atoms with Crippen molar-refractivity contribution in [2.75, 3.05) is 11.9 Å². The molecule has 3 aromatic rings. The molecule has 6 nitrogen and oxygen atoms in total. The zero-order valence-electron chi connectivity index (χ0n) is 14.8. The summed E-state index contributed by atoms with van der Waals surface area (Å²) >= 11 is 0. The van der Waals surface area contributed by atoms with Crippen LogP contribution in [0.2, 0.25) is 0 Å². The largest absolute Gasteiger partial charge is 0.494 e. The first-order valence-corrected chi connectivity index (χ1v) is 8.45. The van der Waals surface area contributed by atoms with Gasteiger partial charge in [-0.05, 0) is 42.8 Å². The Hall–Kier alpha value is -3.28. The molecule has 0 saturated heterocycles. The number of ether oxygens (including phenoxy) is 1. The van der Waals surface area contributed by atoms with E-state index in [9.17, 15) is 9.59 Å². The molecule has 1 heterocycles. The number of aromatic nitrogens is 1. The van der Waals surface area contributed by atoms with E-state index < -0.39 is 0 Å². The minimum absolute atomic E-state index is 0.129. The summed E-state index contributed by atoms with van der Waals surface area (Å²) in [7, 11) is 0. The number of hydrogen-bond donors (Lipinski definition) is 3. The third kappa shape index (κ3) is 4.22. The average molecular weight is 351 g/mol. The van der Waals surface area contributed by atoms with Crippen molar-refractivity contribution in [2.24, 2.45) is 0 Å². The van der Waals surface area contributed by atoms with E-state index >= 15 is 0 Å². The monoisotopic (exact) mass is 351 g/mol. The fraction of sp³-hybridized carbons (Fsp3) is 0.200. The minimum atomic E-state index is -0.191. The van der Waals surface area contributed by atoms with Crippen molar-refractivity contribution in [3.63, 3.8) is 0 Å². The SMILES string of the molecule is CCOc1ccc2cc(C(=O)NCc3cccc(NC(C)=O)c3)[nH]c2c1. The number of H-pyrrole nitrogens is 1. The molecular weight excluding hydrogens is 330 g/mol. The van der Waals surface area contributed by atoms with Crippen LogP contribution in [0.5, 0.6) is 5.75 Å². The second kappa shape index (κ2) is 7.74. The highest BCUT2D eigenvalue weighted by Gasteiger charge is 2.10. The van der Waals surface area contributed by atoms with E-state index in [1.165, 1.54) is 6.92 Å². The van der Waals surface area contributed by atoms with Crippen LogP contribution in [-0.4, -0.2) is 23.4 Å². The summed E-state index contributed by atoms with van der Waals surface area (Å²) in [4.78, 5) is 26.7. The van der Waals surface area contributed by atoms with Gasteiger partial charge in [-0.1, -0.05) is 12.1 Å². The number of amides is 2. The quantitative estimate of drug-likeness (QED) is 0.636. The van der Waals surface area contributed by atoms with E-state index in [-0.39, 0.29) is 11.8 Å². The fourth-order valence-electron chi connectivity index (χ4n) is 2.72. The highest BCUT2D eigenvalue weighted by Crippen LogP contribution is 2.21. The molecule has 0 spiro atoms. The molecule has 2 aromatic carbocycles. The number of carbonyl (C=O) groups excluding carboxylic acids is 2. The first kappa shape index (κ1) is 17.5. The summed E-state index contributed by atoms with van der Waals surface area (Å²) in [6.45, 7) is 4.35. The van der Waals surface area contributed by atoms with E-state index in [1.807, 2.05) is 49.4 Å². The second-order valence-electron chi connectivity index (χ2n) is 5.93. The summed E-state index contributed by atoms with van der Waals surface area (Å²) in [6, 6.07) is 14.9. The molecule has 0 aliphatic carbocycles. The van der Waals surface area contributed by atoms with E-state index in [2.05, 4.69) is 15.6 Å². The van der Waals surface area contributed by atoms with Crippen LogP contribution in [0.3, 0.4) is 0 Å². The van der Waals surface area contributed by atoms with Crippen molar-refractivity contribution < 1.29 is 14.3 Å². The molecule has 1 aromatic heterocycles. The zero-order chi connectivity index (χ0) is 18.5. The molecule has 0 saturated carbocycles. The molecule has 0 aliphatic heterocycles. The predicted molar refractivity (Wildman–Crippen MR) is 101 cm³/mol. The highest BCUT2D eigenvalue weighted by molar-refractivity contribution is 5.98. The maximum Gasteiger partial charge on any atom is 0.267 e. The number of nitrogens with one attached hydrogen (secondary N) is 3. The summed E-state index contributed by atoms with van der Waals surface area (Å²) in [5, 5.41) is 6.56. The van der Waals surface area contributed by atoms with Crippen LogP contribution in [0.25, 0.3) is 10.9 Å². The fourth-order valence-corrected chi connectivity index (χ4v) is 2.72. The number of rotatable bonds is 6. The summed E-state index contributed by atoms with van der Waals surface area (Å²) < 4.78 is 5.48. The first-order valence-electron chi connectivity index (χ1n) is 8.45. The van der Waals surface area contributed by atoms with Crippen molar-refractivity contribution in [1.29, 1.82) is 0 Å². The topological polar surface area (TPSA) is 83.2 Å². The molecule has 0 bridgehead atoms.